The van der Waals surface area contributed by atoms with Gasteiger partial charge >= 0.3 is 11.9 Å². The van der Waals surface area contributed by atoms with Crippen LogP contribution in [-0.4, -0.2) is 26.2 Å². The van der Waals surface area contributed by atoms with Crippen LogP contribution in [0.3, 0.4) is 0 Å². The molecule has 4 heteroatoms. The van der Waals surface area contributed by atoms with E-state index in [1.54, 1.807) is 0 Å². The highest BCUT2D eigenvalue weighted by atomic mass is 16.5. The van der Waals surface area contributed by atoms with Crippen molar-refractivity contribution in [3.05, 3.63) is 0 Å². The van der Waals surface area contributed by atoms with Crippen LogP contribution in [0.1, 0.15) is 33.1 Å². The van der Waals surface area contributed by atoms with Gasteiger partial charge in [-0.3, -0.25) is 9.59 Å². The normalized spacial score (nSPS) is 28.2. The molecule has 1 rings (SSSR count). The van der Waals surface area contributed by atoms with E-state index in [-0.39, 0.29) is 23.3 Å². The molecule has 1 aliphatic carbocycles. The first-order valence-corrected chi connectivity index (χ1v) is 5.59. The number of carbonyl (C=O) groups is 2. The fraction of sp³-hybridized carbons (Fsp3) is 0.833. The summed E-state index contributed by atoms with van der Waals surface area (Å²) in [6.45, 7) is 4.01. The number of hydrogen-bond acceptors (Lipinski definition) is 4. The maximum atomic E-state index is 11.8. The summed E-state index contributed by atoms with van der Waals surface area (Å²) in [6, 6.07) is 0. The van der Waals surface area contributed by atoms with E-state index in [4.69, 9.17) is 9.47 Å². The number of methoxy groups -OCH3 is 2. The van der Waals surface area contributed by atoms with Gasteiger partial charge in [0.05, 0.1) is 26.1 Å². The average Bonchev–Trinajstić information content (AvgIpc) is 2.25. The maximum absolute atomic E-state index is 11.8. The molecule has 1 unspecified atom stereocenters. The molecule has 0 spiro atoms. The summed E-state index contributed by atoms with van der Waals surface area (Å²) < 4.78 is 9.56. The fourth-order valence-corrected chi connectivity index (χ4v) is 2.66. The lowest BCUT2D eigenvalue weighted by Crippen LogP contribution is -2.44. The highest BCUT2D eigenvalue weighted by Crippen LogP contribution is 2.44. The zero-order chi connectivity index (χ0) is 12.3. The summed E-state index contributed by atoms with van der Waals surface area (Å²) in [7, 11) is 2.72. The largest absolute Gasteiger partial charge is 0.469 e. The Bertz CT molecular complexity index is 283. The van der Waals surface area contributed by atoms with E-state index in [0.29, 0.717) is 6.42 Å². The summed E-state index contributed by atoms with van der Waals surface area (Å²) in [6.07, 6.45) is 2.58. The molecule has 1 saturated carbocycles. The van der Waals surface area contributed by atoms with E-state index in [9.17, 15) is 9.59 Å². The van der Waals surface area contributed by atoms with Gasteiger partial charge in [-0.05, 0) is 18.3 Å². The second-order valence-electron chi connectivity index (χ2n) is 5.01. The molecule has 0 aromatic carbocycles. The minimum absolute atomic E-state index is 0.204. The highest BCUT2D eigenvalue weighted by molar-refractivity contribution is 5.82. The van der Waals surface area contributed by atoms with E-state index in [2.05, 4.69) is 0 Å². The van der Waals surface area contributed by atoms with Crippen molar-refractivity contribution >= 4 is 11.9 Å². The smallest absolute Gasteiger partial charge is 0.310 e. The van der Waals surface area contributed by atoms with Crippen LogP contribution in [0.4, 0.5) is 0 Å². The molecule has 92 valence electrons. The van der Waals surface area contributed by atoms with Crippen molar-refractivity contribution < 1.29 is 19.1 Å². The summed E-state index contributed by atoms with van der Waals surface area (Å²) in [5.41, 5.74) is -0.204. The molecule has 16 heavy (non-hydrogen) atoms. The summed E-state index contributed by atoms with van der Waals surface area (Å²) in [4.78, 5) is 23.4. The van der Waals surface area contributed by atoms with E-state index >= 15 is 0 Å². The molecule has 0 saturated heterocycles. The van der Waals surface area contributed by atoms with Crippen LogP contribution in [-0.2, 0) is 19.1 Å². The van der Waals surface area contributed by atoms with E-state index in [0.717, 1.165) is 12.8 Å². The Balaban J connectivity index is 2.97. The zero-order valence-corrected chi connectivity index (χ0v) is 10.4. The molecule has 0 aromatic rings. The number of hydrogen-bond donors (Lipinski definition) is 0. The average molecular weight is 228 g/mol. The van der Waals surface area contributed by atoms with Crippen LogP contribution in [0.5, 0.6) is 0 Å². The molecule has 4 nitrogen and oxygen atoms in total. The van der Waals surface area contributed by atoms with Gasteiger partial charge in [0.2, 0.25) is 0 Å². The highest BCUT2D eigenvalue weighted by Gasteiger charge is 2.47. The van der Waals surface area contributed by atoms with Crippen molar-refractivity contribution in [3.8, 4) is 0 Å². The second kappa shape index (κ2) is 4.85. The molecule has 0 N–H and O–H groups in total. The zero-order valence-electron chi connectivity index (χ0n) is 10.4. The van der Waals surface area contributed by atoms with Crippen molar-refractivity contribution in [1.82, 2.24) is 0 Å². The molecular weight excluding hydrogens is 208 g/mol. The lowest BCUT2D eigenvalue weighted by atomic mass is 9.63. The van der Waals surface area contributed by atoms with E-state index in [1.165, 1.54) is 14.2 Å². The lowest BCUT2D eigenvalue weighted by Gasteiger charge is -2.40. The monoisotopic (exact) mass is 228 g/mol. The summed E-state index contributed by atoms with van der Waals surface area (Å²) in [5, 5.41) is 0. The first-order valence-electron chi connectivity index (χ1n) is 5.59. The van der Waals surface area contributed by atoms with Gasteiger partial charge in [-0.2, -0.15) is 0 Å². The molecular formula is C12H20O4. The van der Waals surface area contributed by atoms with E-state index < -0.39 is 5.92 Å². The Hall–Kier alpha value is -1.06. The Labute approximate surface area is 96.3 Å². The number of esters is 2. The third-order valence-corrected chi connectivity index (χ3v) is 3.54. The molecule has 0 aromatic heterocycles. The van der Waals surface area contributed by atoms with Gasteiger partial charge in [-0.15, -0.1) is 0 Å². The molecule has 0 radical (unpaired) electrons. The molecule has 0 bridgehead atoms. The van der Waals surface area contributed by atoms with Crippen LogP contribution in [0, 0.1) is 17.3 Å². The topological polar surface area (TPSA) is 52.6 Å². The quantitative estimate of drug-likeness (QED) is 0.676. The Morgan fingerprint density at radius 2 is 1.69 bits per heavy atom. The van der Waals surface area contributed by atoms with Crippen LogP contribution >= 0.6 is 0 Å². The SMILES string of the molecule is COC(=O)C1CCCC(C)(C)[C@@H]1C(=O)OC. The van der Waals surface area contributed by atoms with Crippen molar-refractivity contribution in [3.63, 3.8) is 0 Å². The fourth-order valence-electron chi connectivity index (χ4n) is 2.66. The van der Waals surface area contributed by atoms with Gasteiger partial charge in [0.25, 0.3) is 0 Å². The standard InChI is InChI=1S/C12H20O4/c1-12(2)7-5-6-8(10(13)15-3)9(12)11(14)16-4/h8-9H,5-7H2,1-4H3/t8?,9-/m0/s1. The minimum Gasteiger partial charge on any atom is -0.469 e. The third kappa shape index (κ3) is 2.36. The van der Waals surface area contributed by atoms with Gasteiger partial charge in [0, 0.05) is 0 Å². The predicted molar refractivity (Wildman–Crippen MR) is 58.6 cm³/mol. The predicted octanol–water partition coefficient (Wildman–Crippen LogP) is 1.77. The van der Waals surface area contributed by atoms with Crippen LogP contribution < -0.4 is 0 Å². The molecule has 2 atom stereocenters. The van der Waals surface area contributed by atoms with Crippen LogP contribution in [0.15, 0.2) is 0 Å². The van der Waals surface area contributed by atoms with Gasteiger partial charge in [-0.1, -0.05) is 20.3 Å². The Kier molecular flexibility index (Phi) is 3.94. The van der Waals surface area contributed by atoms with Crippen molar-refractivity contribution in [1.29, 1.82) is 0 Å². The second-order valence-corrected chi connectivity index (χ2v) is 5.01. The van der Waals surface area contributed by atoms with Crippen LogP contribution in [0.25, 0.3) is 0 Å². The van der Waals surface area contributed by atoms with Gasteiger partial charge in [0.1, 0.15) is 0 Å². The molecule has 0 amide bonds. The number of ether oxygens (including phenoxy) is 2. The lowest BCUT2D eigenvalue weighted by molar-refractivity contribution is -0.166. The summed E-state index contributed by atoms with van der Waals surface area (Å²) in [5.74, 6) is -1.36. The van der Waals surface area contributed by atoms with Crippen molar-refractivity contribution in [2.24, 2.45) is 17.3 Å². The first-order chi connectivity index (χ1) is 7.44. The van der Waals surface area contributed by atoms with Gasteiger partial charge in [0.15, 0.2) is 0 Å². The Morgan fingerprint density at radius 1 is 1.12 bits per heavy atom. The van der Waals surface area contributed by atoms with Crippen molar-refractivity contribution in [2.45, 2.75) is 33.1 Å². The van der Waals surface area contributed by atoms with Gasteiger partial charge < -0.3 is 9.47 Å². The third-order valence-electron chi connectivity index (χ3n) is 3.54. The minimum atomic E-state index is -0.390. The molecule has 1 fully saturated rings. The van der Waals surface area contributed by atoms with Crippen LogP contribution in [0.2, 0.25) is 0 Å². The number of rotatable bonds is 2. The molecule has 0 heterocycles. The first kappa shape index (κ1) is 13.0. The summed E-state index contributed by atoms with van der Waals surface area (Å²) >= 11 is 0. The molecule has 1 aliphatic rings. The number of carbonyl (C=O) groups excluding carboxylic acids is 2. The maximum Gasteiger partial charge on any atom is 0.310 e. The molecule has 0 aliphatic heterocycles. The van der Waals surface area contributed by atoms with Gasteiger partial charge in [-0.25, -0.2) is 0 Å². The van der Waals surface area contributed by atoms with E-state index in [1.807, 2.05) is 13.8 Å². The Morgan fingerprint density at radius 3 is 2.19 bits per heavy atom. The van der Waals surface area contributed by atoms with Crippen molar-refractivity contribution in [2.75, 3.05) is 14.2 Å².